The SMILES string of the molecule is CCC12CC1(CC)[n+]1ccccc1-c1cc(C(F)(F)F)cc(C(F)(F)F)c12. The van der Waals surface area contributed by atoms with Gasteiger partial charge in [0.25, 0.3) is 0 Å². The summed E-state index contributed by atoms with van der Waals surface area (Å²) in [6.07, 6.45) is -6.39. The summed E-state index contributed by atoms with van der Waals surface area (Å²) in [5.74, 6) is 0. The normalized spacial score (nSPS) is 26.2. The summed E-state index contributed by atoms with van der Waals surface area (Å²) in [7, 11) is 0. The van der Waals surface area contributed by atoms with E-state index in [1.807, 2.05) is 18.4 Å². The number of nitrogens with zero attached hydrogens (tertiary/aromatic N) is 1. The average Bonchev–Trinajstić information content (AvgIpc) is 3.31. The summed E-state index contributed by atoms with van der Waals surface area (Å²) in [4.78, 5) is 0. The Bertz CT molecular complexity index is 929. The van der Waals surface area contributed by atoms with Crippen LogP contribution in [0.5, 0.6) is 0 Å². The van der Waals surface area contributed by atoms with Crippen molar-refractivity contribution in [1.82, 2.24) is 0 Å². The molecule has 1 saturated carbocycles. The summed E-state index contributed by atoms with van der Waals surface area (Å²) in [6, 6.07) is 6.19. The van der Waals surface area contributed by atoms with E-state index in [0.29, 0.717) is 25.0 Å². The van der Waals surface area contributed by atoms with E-state index in [2.05, 4.69) is 0 Å². The fraction of sp³-hybridized carbons (Fsp3) is 0.450. The second-order valence-electron chi connectivity index (χ2n) is 7.40. The van der Waals surface area contributed by atoms with E-state index in [1.54, 1.807) is 24.4 Å². The highest BCUT2D eigenvalue weighted by Crippen LogP contribution is 2.69. The van der Waals surface area contributed by atoms with Crippen molar-refractivity contribution >= 4 is 0 Å². The molecular weight excluding hydrogens is 368 g/mol. The van der Waals surface area contributed by atoms with Gasteiger partial charge in [0.2, 0.25) is 5.69 Å². The molecule has 1 aromatic carbocycles. The van der Waals surface area contributed by atoms with E-state index in [0.717, 1.165) is 6.07 Å². The highest BCUT2D eigenvalue weighted by Gasteiger charge is 2.77. The lowest BCUT2D eigenvalue weighted by Gasteiger charge is -2.31. The Morgan fingerprint density at radius 1 is 0.963 bits per heavy atom. The topological polar surface area (TPSA) is 3.88 Å². The van der Waals surface area contributed by atoms with Crippen LogP contribution in [0.25, 0.3) is 11.3 Å². The first-order chi connectivity index (χ1) is 12.5. The summed E-state index contributed by atoms with van der Waals surface area (Å²) < 4.78 is 83.6. The highest BCUT2D eigenvalue weighted by atomic mass is 19.4. The summed E-state index contributed by atoms with van der Waals surface area (Å²) in [5, 5.41) is 0. The van der Waals surface area contributed by atoms with Gasteiger partial charge in [0.15, 0.2) is 11.7 Å². The lowest BCUT2D eigenvalue weighted by molar-refractivity contribution is -0.735. The molecule has 7 heteroatoms. The van der Waals surface area contributed by atoms with Crippen molar-refractivity contribution in [1.29, 1.82) is 0 Å². The van der Waals surface area contributed by atoms with Gasteiger partial charge in [-0.3, -0.25) is 0 Å². The highest BCUT2D eigenvalue weighted by molar-refractivity contribution is 5.71. The number of pyridine rings is 1. The first kappa shape index (κ1) is 18.3. The smallest absolute Gasteiger partial charge is 0.192 e. The van der Waals surface area contributed by atoms with Crippen LogP contribution in [0.1, 0.15) is 49.8 Å². The molecule has 1 aromatic heterocycles. The maximum atomic E-state index is 13.9. The molecular formula is C20H18F6N+. The number of alkyl halides is 6. The van der Waals surface area contributed by atoms with E-state index in [4.69, 9.17) is 0 Å². The number of hydrogen-bond acceptors (Lipinski definition) is 0. The maximum Gasteiger partial charge on any atom is 0.416 e. The van der Waals surface area contributed by atoms with Crippen molar-refractivity contribution in [3.05, 3.63) is 53.2 Å². The van der Waals surface area contributed by atoms with Crippen molar-refractivity contribution in [2.24, 2.45) is 0 Å². The second kappa shape index (κ2) is 5.26. The van der Waals surface area contributed by atoms with Crippen LogP contribution >= 0.6 is 0 Å². The van der Waals surface area contributed by atoms with Crippen molar-refractivity contribution in [2.45, 2.75) is 56.4 Å². The van der Waals surface area contributed by atoms with Gasteiger partial charge in [0, 0.05) is 25.0 Å². The van der Waals surface area contributed by atoms with E-state index < -0.39 is 34.4 Å². The van der Waals surface area contributed by atoms with Crippen molar-refractivity contribution < 1.29 is 30.9 Å². The molecule has 0 bridgehead atoms. The fourth-order valence-electron chi connectivity index (χ4n) is 5.14. The maximum absolute atomic E-state index is 13.9. The number of aromatic nitrogens is 1. The van der Waals surface area contributed by atoms with Gasteiger partial charge >= 0.3 is 12.4 Å². The van der Waals surface area contributed by atoms with Gasteiger partial charge in [0.05, 0.1) is 22.1 Å². The van der Waals surface area contributed by atoms with Gasteiger partial charge < -0.3 is 0 Å². The lowest BCUT2D eigenvalue weighted by atomic mass is 9.76. The van der Waals surface area contributed by atoms with Crippen LogP contribution in [0.15, 0.2) is 36.5 Å². The largest absolute Gasteiger partial charge is 0.416 e. The van der Waals surface area contributed by atoms with Gasteiger partial charge in [-0.1, -0.05) is 13.8 Å². The molecule has 2 unspecified atom stereocenters. The van der Waals surface area contributed by atoms with Crippen molar-refractivity contribution in [3.8, 4) is 11.3 Å². The number of hydrogen-bond donors (Lipinski definition) is 0. The van der Waals surface area contributed by atoms with Gasteiger partial charge in [-0.2, -0.15) is 30.9 Å². The first-order valence-corrected chi connectivity index (χ1v) is 8.86. The van der Waals surface area contributed by atoms with E-state index in [1.165, 1.54) is 0 Å². The number of rotatable bonds is 2. The van der Waals surface area contributed by atoms with Crippen LogP contribution in [-0.2, 0) is 23.3 Å². The van der Waals surface area contributed by atoms with Crippen LogP contribution in [0.2, 0.25) is 0 Å². The molecule has 0 radical (unpaired) electrons. The van der Waals surface area contributed by atoms with Crippen molar-refractivity contribution in [3.63, 3.8) is 0 Å². The molecule has 1 fully saturated rings. The van der Waals surface area contributed by atoms with E-state index >= 15 is 0 Å². The summed E-state index contributed by atoms with van der Waals surface area (Å²) in [6.45, 7) is 3.73. The third-order valence-electron chi connectivity index (χ3n) is 6.40. The third-order valence-corrected chi connectivity index (χ3v) is 6.40. The zero-order chi connectivity index (χ0) is 19.8. The predicted octanol–water partition coefficient (Wildman–Crippen LogP) is 5.85. The van der Waals surface area contributed by atoms with E-state index in [-0.39, 0.29) is 17.2 Å². The molecule has 2 aromatic rings. The van der Waals surface area contributed by atoms with Gasteiger partial charge in [-0.05, 0) is 30.2 Å². The van der Waals surface area contributed by atoms with Crippen LogP contribution in [0, 0.1) is 0 Å². The Kier molecular flexibility index (Phi) is 3.57. The molecule has 2 aliphatic rings. The molecule has 1 aliphatic carbocycles. The van der Waals surface area contributed by atoms with Crippen molar-refractivity contribution in [2.75, 3.05) is 0 Å². The molecule has 4 rings (SSSR count). The standard InChI is InChI=1S/C20H18F6N/c1-3-17-11-18(17,4-2)27-8-6-5-7-15(27)13-9-12(19(21,22)23)10-14(16(13)17)20(24,25)26/h5-10H,3-4,11H2,1-2H3/q+1. The molecule has 2 heterocycles. The third kappa shape index (κ3) is 2.23. The number of halogens is 6. The minimum Gasteiger partial charge on any atom is -0.192 e. The molecule has 1 aliphatic heterocycles. The predicted molar refractivity (Wildman–Crippen MR) is 86.9 cm³/mol. The van der Waals surface area contributed by atoms with Crippen LogP contribution in [0.4, 0.5) is 26.3 Å². The van der Waals surface area contributed by atoms with Crippen LogP contribution in [-0.4, -0.2) is 0 Å². The zero-order valence-corrected chi connectivity index (χ0v) is 14.8. The van der Waals surface area contributed by atoms with Gasteiger partial charge in [0.1, 0.15) is 0 Å². The Balaban J connectivity index is 2.15. The number of benzene rings is 1. The van der Waals surface area contributed by atoms with Gasteiger partial charge in [-0.25, -0.2) is 0 Å². The van der Waals surface area contributed by atoms with Gasteiger partial charge in [-0.15, -0.1) is 0 Å². The number of fused-ring (bicyclic) bond motifs is 6. The molecule has 0 amide bonds. The molecule has 0 spiro atoms. The molecule has 27 heavy (non-hydrogen) atoms. The molecule has 2 atom stereocenters. The first-order valence-electron chi connectivity index (χ1n) is 8.86. The Morgan fingerprint density at radius 2 is 1.67 bits per heavy atom. The molecule has 144 valence electrons. The molecule has 0 N–H and O–H groups in total. The second-order valence-corrected chi connectivity index (χ2v) is 7.40. The minimum atomic E-state index is -4.85. The lowest BCUT2D eigenvalue weighted by Crippen LogP contribution is -2.55. The molecule has 1 nitrogen and oxygen atoms in total. The fourth-order valence-corrected chi connectivity index (χ4v) is 5.14. The summed E-state index contributed by atoms with van der Waals surface area (Å²) >= 11 is 0. The van der Waals surface area contributed by atoms with E-state index in [9.17, 15) is 26.3 Å². The quantitative estimate of drug-likeness (QED) is 0.450. The monoisotopic (exact) mass is 386 g/mol. The van der Waals surface area contributed by atoms with Crippen LogP contribution in [0.3, 0.4) is 0 Å². The Hall–Kier alpha value is -2.05. The van der Waals surface area contributed by atoms with Crippen LogP contribution < -0.4 is 4.57 Å². The minimum absolute atomic E-state index is 0.0264. The average molecular weight is 386 g/mol. The zero-order valence-electron chi connectivity index (χ0n) is 14.8. The Morgan fingerprint density at radius 3 is 2.22 bits per heavy atom. The molecule has 0 saturated heterocycles. The Labute approximate surface area is 152 Å². The summed E-state index contributed by atoms with van der Waals surface area (Å²) in [5.41, 5.74) is -3.26.